The van der Waals surface area contributed by atoms with E-state index in [4.69, 9.17) is 0 Å². The standard InChI is InChI=1S/C40H48N4O4/c1-25(45)30-23-27-10-12-29-28(14-16-39(2)32(29)15-17-40(39,3)48)31(27)24-36(30)42-19-21-43(22-20-42)38(47)35-9-6-18-44(35)37(46)34-13-11-26-7-4-5-8-33(26)41-34/h4-5,7-8,11,13,23-24,28-29,32,35,48H,6,9-10,12,14-22H2,1-3H3/t28-,29+,32-,35-,39-,40-/m0/s1. The summed E-state index contributed by atoms with van der Waals surface area (Å²) in [6.45, 7) is 9.01. The van der Waals surface area contributed by atoms with Crippen LogP contribution in [0.1, 0.15) is 104 Å². The van der Waals surface area contributed by atoms with Crippen LogP contribution >= 0.6 is 0 Å². The maximum atomic E-state index is 13.9. The zero-order chi connectivity index (χ0) is 33.4. The molecule has 2 aromatic carbocycles. The topological polar surface area (TPSA) is 94.1 Å². The summed E-state index contributed by atoms with van der Waals surface area (Å²) in [5.74, 6) is 1.48. The number of aromatic nitrogens is 1. The van der Waals surface area contributed by atoms with Gasteiger partial charge in [-0.05, 0) is 124 Å². The van der Waals surface area contributed by atoms with Crippen molar-refractivity contribution >= 4 is 34.2 Å². The third-order valence-electron chi connectivity index (χ3n) is 13.3. The van der Waals surface area contributed by atoms with E-state index in [1.54, 1.807) is 17.9 Å². The number of pyridine rings is 1. The fourth-order valence-corrected chi connectivity index (χ4v) is 10.4. The summed E-state index contributed by atoms with van der Waals surface area (Å²) >= 11 is 0. The number of likely N-dealkylation sites (tertiary alicyclic amines) is 1. The average Bonchev–Trinajstić information content (AvgIpc) is 3.68. The third kappa shape index (κ3) is 4.96. The minimum Gasteiger partial charge on any atom is -0.390 e. The number of carbonyl (C=O) groups excluding carboxylic acids is 3. The van der Waals surface area contributed by atoms with Crippen molar-refractivity contribution in [1.82, 2.24) is 14.8 Å². The Bertz CT molecular complexity index is 1790. The SMILES string of the molecule is CC(=O)c1cc2c(cc1N1CCN(C(=O)[C@@H]3CCCN3C(=O)c3ccc4ccccc4n3)CC1)[C@H]1CC[C@@]3(C)[C@@H](CC[C@]3(C)O)[C@@H]1CC2. The molecule has 6 atom stereocenters. The predicted octanol–water partition coefficient (Wildman–Crippen LogP) is 6.00. The Morgan fingerprint density at radius 3 is 2.48 bits per heavy atom. The van der Waals surface area contributed by atoms with Crippen LogP contribution in [0.3, 0.4) is 0 Å². The Balaban J connectivity index is 0.986. The van der Waals surface area contributed by atoms with Gasteiger partial charge >= 0.3 is 0 Å². The molecule has 2 aliphatic heterocycles. The maximum absolute atomic E-state index is 13.9. The van der Waals surface area contributed by atoms with Gasteiger partial charge in [0.25, 0.3) is 5.91 Å². The molecule has 3 heterocycles. The fourth-order valence-electron chi connectivity index (χ4n) is 10.4. The molecular formula is C40H48N4O4. The number of carbonyl (C=O) groups is 3. The number of Topliss-reactive ketones (excluding diaryl/α,β-unsaturated/α-hetero) is 1. The van der Waals surface area contributed by atoms with Crippen molar-refractivity contribution in [2.45, 2.75) is 89.7 Å². The second kappa shape index (κ2) is 11.7. The first-order chi connectivity index (χ1) is 23.1. The number of hydrogen-bond donors (Lipinski definition) is 1. The molecule has 8 heteroatoms. The lowest BCUT2D eigenvalue weighted by molar-refractivity contribution is -0.135. The summed E-state index contributed by atoms with van der Waals surface area (Å²) in [7, 11) is 0. The van der Waals surface area contributed by atoms with Crippen LogP contribution in [0.15, 0.2) is 48.5 Å². The molecule has 8 nitrogen and oxygen atoms in total. The monoisotopic (exact) mass is 648 g/mol. The molecule has 5 aliphatic rings. The Kier molecular flexibility index (Phi) is 7.66. The zero-order valence-electron chi connectivity index (χ0n) is 28.6. The molecule has 1 N–H and O–H groups in total. The molecule has 8 rings (SSSR count). The van der Waals surface area contributed by atoms with Crippen molar-refractivity contribution < 1.29 is 19.5 Å². The van der Waals surface area contributed by atoms with E-state index in [0.717, 1.165) is 67.1 Å². The molecule has 2 saturated heterocycles. The number of nitrogens with zero attached hydrogens (tertiary/aromatic N) is 4. The number of fused-ring (bicyclic) bond motifs is 6. The van der Waals surface area contributed by atoms with Crippen molar-refractivity contribution in [2.24, 2.45) is 17.3 Å². The maximum Gasteiger partial charge on any atom is 0.273 e. The summed E-state index contributed by atoms with van der Waals surface area (Å²) in [6, 6.07) is 15.5. The molecule has 1 aromatic heterocycles. The van der Waals surface area contributed by atoms with Gasteiger partial charge in [-0.15, -0.1) is 0 Å². The van der Waals surface area contributed by atoms with Gasteiger partial charge in [0.15, 0.2) is 5.78 Å². The molecule has 0 radical (unpaired) electrons. The molecule has 2 amide bonds. The van der Waals surface area contributed by atoms with E-state index in [1.807, 2.05) is 35.2 Å². The van der Waals surface area contributed by atoms with Crippen molar-refractivity contribution in [3.8, 4) is 0 Å². The Hall–Kier alpha value is -3.78. The average molecular weight is 649 g/mol. The minimum atomic E-state index is -0.597. The second-order valence-electron chi connectivity index (χ2n) is 15.7. The van der Waals surface area contributed by atoms with E-state index >= 15 is 0 Å². The lowest BCUT2D eigenvalue weighted by atomic mass is 9.53. The summed E-state index contributed by atoms with van der Waals surface area (Å²) in [4.78, 5) is 51.1. The normalized spacial score (nSPS) is 31.4. The summed E-state index contributed by atoms with van der Waals surface area (Å²) in [5, 5.41) is 12.3. The van der Waals surface area contributed by atoms with Crippen LogP contribution in [-0.2, 0) is 11.2 Å². The minimum absolute atomic E-state index is 0.0130. The van der Waals surface area contributed by atoms with Gasteiger partial charge in [-0.1, -0.05) is 31.2 Å². The van der Waals surface area contributed by atoms with Crippen LogP contribution in [0.2, 0.25) is 0 Å². The predicted molar refractivity (Wildman–Crippen MR) is 186 cm³/mol. The Labute approximate surface area is 283 Å². The van der Waals surface area contributed by atoms with Crippen molar-refractivity contribution in [2.75, 3.05) is 37.6 Å². The molecule has 4 fully saturated rings. The molecule has 3 aliphatic carbocycles. The smallest absolute Gasteiger partial charge is 0.273 e. The lowest BCUT2D eigenvalue weighted by Gasteiger charge is -2.52. The number of rotatable bonds is 4. The molecule has 0 spiro atoms. The first kappa shape index (κ1) is 31.5. The fraction of sp³-hybridized carbons (Fsp3) is 0.550. The van der Waals surface area contributed by atoms with Crippen LogP contribution < -0.4 is 4.90 Å². The number of piperazine rings is 1. The first-order valence-electron chi connectivity index (χ1n) is 18.2. The first-order valence-corrected chi connectivity index (χ1v) is 18.2. The van der Waals surface area contributed by atoms with Gasteiger partial charge in [0.2, 0.25) is 5.91 Å². The van der Waals surface area contributed by atoms with Crippen LogP contribution in [0.5, 0.6) is 0 Å². The van der Waals surface area contributed by atoms with Gasteiger partial charge < -0.3 is 19.8 Å². The zero-order valence-corrected chi connectivity index (χ0v) is 28.6. The molecule has 3 aromatic rings. The van der Waals surface area contributed by atoms with E-state index in [1.165, 1.54) is 11.1 Å². The van der Waals surface area contributed by atoms with E-state index in [0.29, 0.717) is 62.6 Å². The molecule has 0 bridgehead atoms. The van der Waals surface area contributed by atoms with Gasteiger partial charge in [-0.3, -0.25) is 14.4 Å². The summed E-state index contributed by atoms with van der Waals surface area (Å²) < 4.78 is 0. The van der Waals surface area contributed by atoms with Gasteiger partial charge in [-0.25, -0.2) is 4.98 Å². The molecule has 48 heavy (non-hydrogen) atoms. The van der Waals surface area contributed by atoms with E-state index in [2.05, 4.69) is 35.9 Å². The number of anilines is 1. The van der Waals surface area contributed by atoms with Crippen LogP contribution in [0.25, 0.3) is 10.9 Å². The molecule has 0 unspecified atom stereocenters. The van der Waals surface area contributed by atoms with E-state index in [9.17, 15) is 19.5 Å². The largest absolute Gasteiger partial charge is 0.390 e. The van der Waals surface area contributed by atoms with Crippen molar-refractivity contribution in [1.29, 1.82) is 0 Å². The summed E-state index contributed by atoms with van der Waals surface area (Å²) in [6.07, 6.45) is 7.66. The number of benzene rings is 2. The van der Waals surface area contributed by atoms with Crippen LogP contribution in [-0.4, -0.2) is 81.9 Å². The van der Waals surface area contributed by atoms with E-state index in [-0.39, 0.29) is 23.0 Å². The van der Waals surface area contributed by atoms with Gasteiger partial charge in [0.05, 0.1) is 11.1 Å². The van der Waals surface area contributed by atoms with Crippen molar-refractivity contribution in [3.05, 3.63) is 70.9 Å². The number of para-hydroxylation sites is 1. The molecule has 252 valence electrons. The number of ketones is 1. The highest BCUT2D eigenvalue weighted by atomic mass is 16.3. The second-order valence-corrected chi connectivity index (χ2v) is 15.7. The van der Waals surface area contributed by atoms with Crippen LogP contribution in [0.4, 0.5) is 5.69 Å². The van der Waals surface area contributed by atoms with Gasteiger partial charge in [0.1, 0.15) is 11.7 Å². The molecular weight excluding hydrogens is 600 g/mol. The highest BCUT2D eigenvalue weighted by Gasteiger charge is 2.59. The number of aliphatic hydroxyl groups is 1. The number of hydrogen-bond acceptors (Lipinski definition) is 6. The Morgan fingerprint density at radius 2 is 1.69 bits per heavy atom. The highest BCUT2D eigenvalue weighted by molar-refractivity contribution is 6.00. The molecule has 2 saturated carbocycles. The number of amides is 2. The van der Waals surface area contributed by atoms with Crippen LogP contribution in [0, 0.1) is 17.3 Å². The third-order valence-corrected chi connectivity index (χ3v) is 13.3. The van der Waals surface area contributed by atoms with Gasteiger partial charge in [0, 0.05) is 49.4 Å². The van der Waals surface area contributed by atoms with Gasteiger partial charge in [-0.2, -0.15) is 0 Å². The highest BCUT2D eigenvalue weighted by Crippen LogP contribution is 2.64. The number of aryl methyl sites for hydroxylation is 1. The quantitative estimate of drug-likeness (QED) is 0.349. The van der Waals surface area contributed by atoms with E-state index < -0.39 is 11.6 Å². The van der Waals surface area contributed by atoms with Crippen molar-refractivity contribution in [3.63, 3.8) is 0 Å². The summed E-state index contributed by atoms with van der Waals surface area (Å²) in [5.41, 5.74) is 5.04. The Morgan fingerprint density at radius 1 is 0.896 bits per heavy atom. The lowest BCUT2D eigenvalue weighted by Crippen LogP contribution is -2.54.